The molecule has 0 aliphatic carbocycles. The Balaban J connectivity index is 0.00000128. The van der Waals surface area contributed by atoms with Gasteiger partial charge < -0.3 is 19.5 Å². The summed E-state index contributed by atoms with van der Waals surface area (Å²) in [6.07, 6.45) is 1.42. The van der Waals surface area contributed by atoms with E-state index in [1.54, 1.807) is 0 Å². The minimum atomic E-state index is -1.29. The second kappa shape index (κ2) is 5.85. The van der Waals surface area contributed by atoms with Crippen molar-refractivity contribution in [2.75, 3.05) is 31.2 Å². The summed E-state index contributed by atoms with van der Waals surface area (Å²) in [6, 6.07) is 1.32. The third-order valence-electron chi connectivity index (χ3n) is 2.15. The van der Waals surface area contributed by atoms with Crippen molar-refractivity contribution in [2.24, 2.45) is 0 Å². The smallest absolute Gasteiger partial charge is 0.543 e. The molecule has 2 rings (SSSR count). The van der Waals surface area contributed by atoms with Crippen molar-refractivity contribution < 1.29 is 33.5 Å². The van der Waals surface area contributed by atoms with E-state index in [4.69, 9.17) is 4.74 Å². The Morgan fingerprint density at radius 2 is 2.12 bits per heavy atom. The number of carboxylic acid groups (broad SMARTS) is 1. The fourth-order valence-electron chi connectivity index (χ4n) is 1.38. The van der Waals surface area contributed by atoms with Gasteiger partial charge in [-0.1, -0.05) is 0 Å². The number of morpholine rings is 1. The SMILES string of the molecule is O=C([O-])c1ccnc(N2CCOCC2)n1.[Li+]. The Hall–Kier alpha value is -1.09. The van der Waals surface area contributed by atoms with Crippen LogP contribution in [0.25, 0.3) is 0 Å². The molecule has 0 bridgehead atoms. The number of ether oxygens (including phenoxy) is 1. The third kappa shape index (κ3) is 2.95. The van der Waals surface area contributed by atoms with Crippen molar-refractivity contribution in [3.63, 3.8) is 0 Å². The maximum absolute atomic E-state index is 10.6. The van der Waals surface area contributed by atoms with Crippen molar-refractivity contribution in [1.82, 2.24) is 9.97 Å². The van der Waals surface area contributed by atoms with E-state index in [1.165, 1.54) is 12.3 Å². The Morgan fingerprint density at radius 3 is 2.75 bits per heavy atom. The van der Waals surface area contributed by atoms with E-state index in [1.807, 2.05) is 4.90 Å². The van der Waals surface area contributed by atoms with Crippen molar-refractivity contribution in [3.8, 4) is 0 Å². The quantitative estimate of drug-likeness (QED) is 0.464. The number of hydrogen-bond acceptors (Lipinski definition) is 6. The van der Waals surface area contributed by atoms with E-state index < -0.39 is 5.97 Å². The maximum Gasteiger partial charge on any atom is 1.00 e. The molecule has 0 amide bonds. The number of carbonyl (C=O) groups is 1. The van der Waals surface area contributed by atoms with Gasteiger partial charge in [0.15, 0.2) is 0 Å². The van der Waals surface area contributed by atoms with Gasteiger partial charge in [0.05, 0.1) is 24.9 Å². The van der Waals surface area contributed by atoms with Gasteiger partial charge >= 0.3 is 18.9 Å². The molecular formula is C9H10LiN3O3. The molecule has 2 heterocycles. The second-order valence-corrected chi connectivity index (χ2v) is 3.13. The van der Waals surface area contributed by atoms with Gasteiger partial charge in [0.1, 0.15) is 0 Å². The molecule has 0 N–H and O–H groups in total. The molecule has 1 aliphatic heterocycles. The molecule has 0 unspecified atom stereocenters. The number of nitrogens with zero attached hydrogens (tertiary/aromatic N) is 3. The Morgan fingerprint density at radius 1 is 1.44 bits per heavy atom. The molecule has 0 aromatic carbocycles. The number of hydrogen-bond donors (Lipinski definition) is 0. The fraction of sp³-hybridized carbons (Fsp3) is 0.444. The molecular weight excluding hydrogens is 205 g/mol. The van der Waals surface area contributed by atoms with Crippen LogP contribution >= 0.6 is 0 Å². The zero-order chi connectivity index (χ0) is 10.7. The summed E-state index contributed by atoms with van der Waals surface area (Å²) in [7, 11) is 0. The van der Waals surface area contributed by atoms with Crippen LogP contribution in [0.15, 0.2) is 12.3 Å². The molecule has 16 heavy (non-hydrogen) atoms. The number of anilines is 1. The van der Waals surface area contributed by atoms with E-state index in [0.717, 1.165) is 0 Å². The van der Waals surface area contributed by atoms with Crippen molar-refractivity contribution in [3.05, 3.63) is 18.0 Å². The zero-order valence-electron chi connectivity index (χ0n) is 9.05. The zero-order valence-corrected chi connectivity index (χ0v) is 9.05. The minimum absolute atomic E-state index is 0. The number of carboxylic acids is 1. The Labute approximate surface area is 105 Å². The first kappa shape index (κ1) is 13.0. The van der Waals surface area contributed by atoms with Gasteiger partial charge in [0.25, 0.3) is 0 Å². The van der Waals surface area contributed by atoms with E-state index in [-0.39, 0.29) is 24.6 Å². The predicted octanol–water partition coefficient (Wildman–Crippen LogP) is -4.32. The van der Waals surface area contributed by atoms with E-state index >= 15 is 0 Å². The van der Waals surface area contributed by atoms with Crippen LogP contribution in [0.1, 0.15) is 10.5 Å². The van der Waals surface area contributed by atoms with Gasteiger partial charge in [-0.3, -0.25) is 0 Å². The second-order valence-electron chi connectivity index (χ2n) is 3.13. The van der Waals surface area contributed by atoms with Crippen LogP contribution in [0.5, 0.6) is 0 Å². The van der Waals surface area contributed by atoms with Crippen LogP contribution in [0.2, 0.25) is 0 Å². The fourth-order valence-corrected chi connectivity index (χ4v) is 1.38. The topological polar surface area (TPSA) is 78.4 Å². The minimum Gasteiger partial charge on any atom is -0.543 e. The molecule has 0 spiro atoms. The van der Waals surface area contributed by atoms with Gasteiger partial charge in [-0.05, 0) is 6.07 Å². The van der Waals surface area contributed by atoms with Gasteiger partial charge in [0, 0.05) is 19.3 Å². The first-order chi connectivity index (χ1) is 7.27. The third-order valence-corrected chi connectivity index (χ3v) is 2.15. The summed E-state index contributed by atoms with van der Waals surface area (Å²) >= 11 is 0. The predicted molar refractivity (Wildman–Crippen MR) is 49.4 cm³/mol. The van der Waals surface area contributed by atoms with Gasteiger partial charge in [0.2, 0.25) is 5.95 Å². The molecule has 6 nitrogen and oxygen atoms in total. The van der Waals surface area contributed by atoms with Crippen LogP contribution in [-0.4, -0.2) is 42.2 Å². The average molecular weight is 215 g/mol. The van der Waals surface area contributed by atoms with Crippen LogP contribution in [0, 0.1) is 0 Å². The average Bonchev–Trinajstić information content (AvgIpc) is 2.30. The van der Waals surface area contributed by atoms with Gasteiger partial charge in [-0.2, -0.15) is 0 Å². The Kier molecular flexibility index (Phi) is 4.74. The van der Waals surface area contributed by atoms with Crippen molar-refractivity contribution in [1.29, 1.82) is 0 Å². The monoisotopic (exact) mass is 215 g/mol. The van der Waals surface area contributed by atoms with E-state index in [0.29, 0.717) is 32.3 Å². The molecule has 0 atom stereocenters. The van der Waals surface area contributed by atoms with Crippen molar-refractivity contribution >= 4 is 11.9 Å². The molecule has 1 saturated heterocycles. The van der Waals surface area contributed by atoms with Crippen LogP contribution in [0.3, 0.4) is 0 Å². The Bertz CT molecular complexity index is 369. The molecule has 80 valence electrons. The van der Waals surface area contributed by atoms with Crippen LogP contribution in [0.4, 0.5) is 5.95 Å². The molecule has 7 heteroatoms. The summed E-state index contributed by atoms with van der Waals surface area (Å²) in [5.41, 5.74) is -0.0912. The molecule has 1 fully saturated rings. The first-order valence-corrected chi connectivity index (χ1v) is 4.64. The normalized spacial score (nSPS) is 15.4. The summed E-state index contributed by atoms with van der Waals surface area (Å²) in [5.74, 6) is -0.869. The van der Waals surface area contributed by atoms with Crippen LogP contribution < -0.4 is 28.9 Å². The molecule has 0 radical (unpaired) electrons. The van der Waals surface area contributed by atoms with Gasteiger partial charge in [-0.15, -0.1) is 0 Å². The van der Waals surface area contributed by atoms with E-state index in [2.05, 4.69) is 9.97 Å². The molecule has 1 aromatic heterocycles. The maximum atomic E-state index is 10.6. The summed E-state index contributed by atoms with van der Waals surface area (Å²) < 4.78 is 5.17. The summed E-state index contributed by atoms with van der Waals surface area (Å²) in [4.78, 5) is 20.4. The number of carbonyl (C=O) groups excluding carboxylic acids is 1. The summed E-state index contributed by atoms with van der Waals surface area (Å²) in [6.45, 7) is 2.57. The van der Waals surface area contributed by atoms with Crippen molar-refractivity contribution in [2.45, 2.75) is 0 Å². The largest absolute Gasteiger partial charge is 1.00 e. The number of rotatable bonds is 2. The number of aromatic nitrogens is 2. The number of aromatic carboxylic acids is 1. The van der Waals surface area contributed by atoms with Gasteiger partial charge in [-0.25, -0.2) is 9.97 Å². The summed E-state index contributed by atoms with van der Waals surface area (Å²) in [5, 5.41) is 10.6. The molecule has 1 aliphatic rings. The molecule has 1 aromatic rings. The van der Waals surface area contributed by atoms with Crippen LogP contribution in [-0.2, 0) is 4.74 Å². The van der Waals surface area contributed by atoms with E-state index in [9.17, 15) is 9.90 Å². The molecule has 0 saturated carbocycles. The first-order valence-electron chi connectivity index (χ1n) is 4.64. The standard InChI is InChI=1S/C9H11N3O3.Li/c13-8(14)7-1-2-10-9(11-7)12-3-5-15-6-4-12;/h1-2H,3-6H2,(H,13,14);/q;+1/p-1.